The largest absolute Gasteiger partial charge is 0.508 e. The highest BCUT2D eigenvalue weighted by Crippen LogP contribution is 2.19. The number of aromatic hydroxyl groups is 1. The van der Waals surface area contributed by atoms with E-state index in [9.17, 15) is 9.90 Å². The molecule has 0 aliphatic heterocycles. The SMILES string of the molecule is O=C(O)c1cnn2c1nnc1ccc(O)cc12. The third kappa shape index (κ3) is 1.29. The molecule has 84 valence electrons. The van der Waals surface area contributed by atoms with Gasteiger partial charge in [-0.1, -0.05) is 0 Å². The molecule has 3 aromatic rings. The van der Waals surface area contributed by atoms with Crippen LogP contribution in [0.4, 0.5) is 0 Å². The third-order valence-corrected chi connectivity index (χ3v) is 2.41. The van der Waals surface area contributed by atoms with E-state index in [4.69, 9.17) is 5.11 Å². The van der Waals surface area contributed by atoms with Crippen molar-refractivity contribution in [3.63, 3.8) is 0 Å². The summed E-state index contributed by atoms with van der Waals surface area (Å²) in [6, 6.07) is 4.51. The lowest BCUT2D eigenvalue weighted by molar-refractivity contribution is 0.0698. The minimum absolute atomic E-state index is 0.0252. The summed E-state index contributed by atoms with van der Waals surface area (Å²) in [6.07, 6.45) is 1.20. The zero-order valence-corrected chi connectivity index (χ0v) is 8.40. The Morgan fingerprint density at radius 1 is 1.29 bits per heavy atom. The molecule has 0 fully saturated rings. The van der Waals surface area contributed by atoms with Crippen molar-refractivity contribution >= 4 is 22.6 Å². The molecule has 2 aromatic heterocycles. The maximum absolute atomic E-state index is 10.9. The fourth-order valence-corrected chi connectivity index (χ4v) is 1.63. The Bertz CT molecular complexity index is 750. The number of rotatable bonds is 1. The van der Waals surface area contributed by atoms with Gasteiger partial charge in [-0.25, -0.2) is 9.31 Å². The van der Waals surface area contributed by atoms with Gasteiger partial charge in [-0.05, 0) is 12.1 Å². The van der Waals surface area contributed by atoms with E-state index in [1.54, 1.807) is 6.07 Å². The highest BCUT2D eigenvalue weighted by molar-refractivity contribution is 5.95. The molecule has 0 saturated carbocycles. The molecule has 2 heterocycles. The van der Waals surface area contributed by atoms with E-state index in [-0.39, 0.29) is 17.0 Å². The second kappa shape index (κ2) is 3.14. The van der Waals surface area contributed by atoms with Crippen LogP contribution in [-0.2, 0) is 0 Å². The van der Waals surface area contributed by atoms with E-state index in [1.807, 2.05) is 0 Å². The maximum Gasteiger partial charge on any atom is 0.341 e. The first-order chi connectivity index (χ1) is 8.16. The van der Waals surface area contributed by atoms with Crippen molar-refractivity contribution in [1.29, 1.82) is 0 Å². The Hall–Kier alpha value is -2.70. The predicted molar refractivity (Wildman–Crippen MR) is 56.9 cm³/mol. The molecule has 0 radical (unpaired) electrons. The lowest BCUT2D eigenvalue weighted by Crippen LogP contribution is -2.00. The average molecular weight is 230 g/mol. The van der Waals surface area contributed by atoms with Crippen LogP contribution in [0.15, 0.2) is 24.4 Å². The van der Waals surface area contributed by atoms with Crippen LogP contribution in [0.1, 0.15) is 10.4 Å². The van der Waals surface area contributed by atoms with E-state index >= 15 is 0 Å². The van der Waals surface area contributed by atoms with Crippen LogP contribution in [0.3, 0.4) is 0 Å². The number of benzene rings is 1. The second-order valence-electron chi connectivity index (χ2n) is 3.47. The van der Waals surface area contributed by atoms with Gasteiger partial charge >= 0.3 is 5.97 Å². The van der Waals surface area contributed by atoms with Crippen molar-refractivity contribution in [3.05, 3.63) is 30.0 Å². The molecular weight excluding hydrogens is 224 g/mol. The third-order valence-electron chi connectivity index (χ3n) is 2.41. The van der Waals surface area contributed by atoms with Crippen molar-refractivity contribution in [2.75, 3.05) is 0 Å². The summed E-state index contributed by atoms with van der Waals surface area (Å²) in [5.41, 5.74) is 1.15. The van der Waals surface area contributed by atoms with Crippen LogP contribution in [0.2, 0.25) is 0 Å². The fraction of sp³-hybridized carbons (Fsp3) is 0. The number of aromatic carboxylic acids is 1. The lowest BCUT2D eigenvalue weighted by atomic mass is 10.3. The highest BCUT2D eigenvalue weighted by atomic mass is 16.4. The number of fused-ring (bicyclic) bond motifs is 3. The maximum atomic E-state index is 10.9. The van der Waals surface area contributed by atoms with Gasteiger partial charge in [-0.3, -0.25) is 0 Å². The highest BCUT2D eigenvalue weighted by Gasteiger charge is 2.14. The monoisotopic (exact) mass is 230 g/mol. The molecule has 0 aliphatic rings. The molecule has 0 bridgehead atoms. The van der Waals surface area contributed by atoms with Crippen LogP contribution >= 0.6 is 0 Å². The van der Waals surface area contributed by atoms with Crippen LogP contribution in [0.5, 0.6) is 5.75 Å². The van der Waals surface area contributed by atoms with E-state index in [0.29, 0.717) is 11.0 Å². The zero-order valence-electron chi connectivity index (χ0n) is 8.40. The number of carbonyl (C=O) groups is 1. The first kappa shape index (κ1) is 9.52. The number of carboxylic acids is 1. The van der Waals surface area contributed by atoms with Gasteiger partial charge in [0, 0.05) is 6.07 Å². The van der Waals surface area contributed by atoms with Crippen molar-refractivity contribution < 1.29 is 15.0 Å². The Morgan fingerprint density at radius 3 is 2.88 bits per heavy atom. The number of aromatic nitrogens is 4. The summed E-state index contributed by atoms with van der Waals surface area (Å²) in [4.78, 5) is 10.9. The molecule has 0 atom stereocenters. The molecule has 7 heteroatoms. The van der Waals surface area contributed by atoms with Crippen LogP contribution in [-0.4, -0.2) is 36.0 Å². The van der Waals surface area contributed by atoms with Gasteiger partial charge in [0.1, 0.15) is 16.8 Å². The fourth-order valence-electron chi connectivity index (χ4n) is 1.63. The predicted octanol–water partition coefficient (Wildman–Crippen LogP) is 0.681. The average Bonchev–Trinajstić information content (AvgIpc) is 2.72. The number of hydrogen-bond donors (Lipinski definition) is 2. The van der Waals surface area contributed by atoms with Crippen LogP contribution < -0.4 is 0 Å². The smallest absolute Gasteiger partial charge is 0.341 e. The van der Waals surface area contributed by atoms with Gasteiger partial charge in [0.25, 0.3) is 0 Å². The summed E-state index contributed by atoms with van der Waals surface area (Å²) in [7, 11) is 0. The first-order valence-electron chi connectivity index (χ1n) is 4.73. The molecule has 0 saturated heterocycles. The molecule has 7 nitrogen and oxygen atoms in total. The summed E-state index contributed by atoms with van der Waals surface area (Å²) in [5.74, 6) is -1.06. The molecule has 2 N–H and O–H groups in total. The van der Waals surface area contributed by atoms with Crippen molar-refractivity contribution in [1.82, 2.24) is 19.8 Å². The van der Waals surface area contributed by atoms with Crippen LogP contribution in [0.25, 0.3) is 16.7 Å². The van der Waals surface area contributed by atoms with Crippen molar-refractivity contribution in [2.45, 2.75) is 0 Å². The molecule has 17 heavy (non-hydrogen) atoms. The van der Waals surface area contributed by atoms with E-state index in [1.165, 1.54) is 22.8 Å². The Labute approximate surface area is 93.9 Å². The minimum atomic E-state index is -1.12. The van der Waals surface area contributed by atoms with Gasteiger partial charge in [-0.15, -0.1) is 10.2 Å². The molecule has 3 rings (SSSR count). The van der Waals surface area contributed by atoms with Crippen molar-refractivity contribution in [2.24, 2.45) is 0 Å². The molecular formula is C10H6N4O3. The molecule has 0 spiro atoms. The Kier molecular flexibility index (Phi) is 1.76. The molecule has 1 aromatic carbocycles. The van der Waals surface area contributed by atoms with Crippen LogP contribution in [0, 0.1) is 0 Å². The van der Waals surface area contributed by atoms with E-state index in [0.717, 1.165) is 0 Å². The normalized spacial score (nSPS) is 11.1. The summed E-state index contributed by atoms with van der Waals surface area (Å²) in [6.45, 7) is 0. The van der Waals surface area contributed by atoms with E-state index < -0.39 is 5.97 Å². The summed E-state index contributed by atoms with van der Waals surface area (Å²) in [5, 5.41) is 29.9. The topological polar surface area (TPSA) is 101 Å². The number of carboxylic acid groups (broad SMARTS) is 1. The summed E-state index contributed by atoms with van der Waals surface area (Å²) < 4.78 is 1.34. The van der Waals surface area contributed by atoms with E-state index in [2.05, 4.69) is 15.3 Å². The first-order valence-corrected chi connectivity index (χ1v) is 4.73. The second-order valence-corrected chi connectivity index (χ2v) is 3.47. The van der Waals surface area contributed by atoms with Gasteiger partial charge in [0.15, 0.2) is 5.65 Å². The van der Waals surface area contributed by atoms with Gasteiger partial charge in [0.2, 0.25) is 0 Å². The number of phenolic OH excluding ortho intramolecular Hbond substituents is 1. The van der Waals surface area contributed by atoms with Gasteiger partial charge in [-0.2, -0.15) is 5.10 Å². The zero-order chi connectivity index (χ0) is 12.0. The lowest BCUT2D eigenvalue weighted by Gasteiger charge is -2.00. The summed E-state index contributed by atoms with van der Waals surface area (Å²) >= 11 is 0. The Morgan fingerprint density at radius 2 is 2.12 bits per heavy atom. The van der Waals surface area contributed by atoms with Gasteiger partial charge < -0.3 is 10.2 Å². The molecule has 0 amide bonds. The number of phenols is 1. The molecule has 0 aliphatic carbocycles. The molecule has 0 unspecified atom stereocenters. The standard InChI is InChI=1S/C10H6N4O3/c15-5-1-2-7-8(3-5)14-9(13-12-7)6(4-11-14)10(16)17/h1-4,15H,(H,16,17). The number of nitrogens with zero attached hydrogens (tertiary/aromatic N) is 4. The van der Waals surface area contributed by atoms with Crippen molar-refractivity contribution in [3.8, 4) is 5.75 Å². The van der Waals surface area contributed by atoms with Gasteiger partial charge in [0.05, 0.1) is 11.7 Å². The minimum Gasteiger partial charge on any atom is -0.508 e. The Balaban J connectivity index is 2.48. The number of hydrogen-bond acceptors (Lipinski definition) is 5. The quantitative estimate of drug-likeness (QED) is 0.637.